The number of para-hydroxylation sites is 1. The lowest BCUT2D eigenvalue weighted by molar-refractivity contribution is -0.159. The van der Waals surface area contributed by atoms with Crippen molar-refractivity contribution in [3.05, 3.63) is 78.4 Å². The fourth-order valence-electron chi connectivity index (χ4n) is 5.55. The van der Waals surface area contributed by atoms with E-state index in [1.807, 2.05) is 56.3 Å². The molecule has 4 N–H and O–H groups in total. The zero-order valence-electron chi connectivity index (χ0n) is 25.0. The molecule has 3 aromatic carbocycles. The molecule has 3 aromatic rings. The highest BCUT2D eigenvalue weighted by Gasteiger charge is 2.44. The average Bonchev–Trinajstić information content (AvgIpc) is 3.49. The molecule has 0 bridgehead atoms. The van der Waals surface area contributed by atoms with Crippen LogP contribution in [0.15, 0.2) is 82.6 Å². The van der Waals surface area contributed by atoms with Crippen molar-refractivity contribution < 1.29 is 28.6 Å². The van der Waals surface area contributed by atoms with E-state index in [0.717, 1.165) is 21.2 Å². The van der Waals surface area contributed by atoms with Crippen LogP contribution in [0.2, 0.25) is 0 Å². The number of amides is 3. The number of fused-ring (bicyclic) bond motifs is 2. The van der Waals surface area contributed by atoms with Gasteiger partial charge in [-0.3, -0.25) is 14.4 Å². The van der Waals surface area contributed by atoms with Crippen molar-refractivity contribution in [3.63, 3.8) is 0 Å². The molecule has 0 aliphatic carbocycles. The zero-order valence-corrected chi connectivity index (χ0v) is 25.8. The van der Waals surface area contributed by atoms with Gasteiger partial charge in [0.05, 0.1) is 24.0 Å². The number of carbonyl (C=O) groups excluding carboxylic acids is 3. The molecule has 4 atom stereocenters. The standard InChI is InChI=1S/C33H38N4O6S/c1-20(2)17-26(31(34)39)37(25-15-16-42-33(25)41-3)32(40)30(21-9-5-4-6-10-21)36-29(38)19-43-22-13-14-28-24(18-22)35-23-11-7-8-12-27(23)44-28/h4-14,18,20,25-26,30,33,35H,15-17,19H2,1-3H3,(H2,34,39)(H,36,38)/t25-,26-,30-,33?/m0/s1. The van der Waals surface area contributed by atoms with Gasteiger partial charge in [0.1, 0.15) is 17.8 Å². The Hall–Kier alpha value is -4.06. The molecule has 11 heteroatoms. The SMILES string of the molecule is COC1OCC[C@@H]1N(C(=O)[C@@H](NC(=O)COc1ccc2c(c1)Nc1ccccc1S2)c1ccccc1)[C@@H](CC(C)C)C(N)=O. The molecular weight excluding hydrogens is 580 g/mol. The van der Waals surface area contributed by atoms with Crippen LogP contribution < -0.4 is 21.1 Å². The number of nitrogens with zero attached hydrogens (tertiary/aromatic N) is 1. The minimum Gasteiger partial charge on any atom is -0.484 e. The minimum absolute atomic E-state index is 0.0715. The first-order chi connectivity index (χ1) is 21.2. The number of nitrogens with two attached hydrogens (primary N) is 1. The van der Waals surface area contributed by atoms with E-state index in [2.05, 4.69) is 16.7 Å². The Morgan fingerprint density at radius 3 is 2.50 bits per heavy atom. The third-order valence-electron chi connectivity index (χ3n) is 7.60. The summed E-state index contributed by atoms with van der Waals surface area (Å²) in [6.45, 7) is 3.95. The Balaban J connectivity index is 1.35. The molecule has 3 amide bonds. The Morgan fingerprint density at radius 1 is 1.05 bits per heavy atom. The van der Waals surface area contributed by atoms with Crippen molar-refractivity contribution in [2.24, 2.45) is 11.7 Å². The van der Waals surface area contributed by atoms with Crippen LogP contribution in [0.4, 0.5) is 11.4 Å². The van der Waals surface area contributed by atoms with E-state index in [-0.39, 0.29) is 12.5 Å². The van der Waals surface area contributed by atoms with E-state index >= 15 is 0 Å². The maximum absolute atomic E-state index is 14.4. The number of hydrogen-bond acceptors (Lipinski definition) is 8. The molecule has 2 heterocycles. The number of ether oxygens (including phenoxy) is 3. The van der Waals surface area contributed by atoms with Gasteiger partial charge in [-0.25, -0.2) is 0 Å². The molecular formula is C33H38N4O6S. The van der Waals surface area contributed by atoms with Crippen LogP contribution in [0.3, 0.4) is 0 Å². The summed E-state index contributed by atoms with van der Waals surface area (Å²) in [6.07, 6.45) is 0.0767. The second kappa shape index (κ2) is 14.1. The summed E-state index contributed by atoms with van der Waals surface area (Å²) in [5.41, 5.74) is 8.32. The van der Waals surface area contributed by atoms with Crippen LogP contribution in [0.1, 0.15) is 38.3 Å². The molecule has 5 rings (SSSR count). The summed E-state index contributed by atoms with van der Waals surface area (Å²) in [4.78, 5) is 44.2. The van der Waals surface area contributed by atoms with Crippen LogP contribution in [0.5, 0.6) is 5.75 Å². The van der Waals surface area contributed by atoms with Crippen LogP contribution in [-0.2, 0) is 23.9 Å². The lowest BCUT2D eigenvalue weighted by Gasteiger charge is -2.39. The number of hydrogen-bond donors (Lipinski definition) is 3. The first-order valence-electron chi connectivity index (χ1n) is 14.7. The van der Waals surface area contributed by atoms with E-state index in [9.17, 15) is 14.4 Å². The molecule has 1 unspecified atom stereocenters. The summed E-state index contributed by atoms with van der Waals surface area (Å²) in [5, 5.41) is 6.26. The van der Waals surface area contributed by atoms with E-state index < -0.39 is 42.1 Å². The average molecular weight is 619 g/mol. The van der Waals surface area contributed by atoms with Crippen LogP contribution >= 0.6 is 11.8 Å². The van der Waals surface area contributed by atoms with Crippen molar-refractivity contribution in [3.8, 4) is 5.75 Å². The lowest BCUT2D eigenvalue weighted by Crippen LogP contribution is -2.58. The zero-order chi connectivity index (χ0) is 31.2. The van der Waals surface area contributed by atoms with E-state index in [1.165, 1.54) is 12.0 Å². The van der Waals surface area contributed by atoms with Crippen LogP contribution in [0, 0.1) is 5.92 Å². The molecule has 10 nitrogen and oxygen atoms in total. The third kappa shape index (κ3) is 7.18. The van der Waals surface area contributed by atoms with Crippen molar-refractivity contribution in [1.82, 2.24) is 10.2 Å². The van der Waals surface area contributed by atoms with Crippen molar-refractivity contribution >= 4 is 40.9 Å². The number of carbonyl (C=O) groups is 3. The van der Waals surface area contributed by atoms with Gasteiger partial charge in [0, 0.05) is 23.0 Å². The van der Waals surface area contributed by atoms with Crippen molar-refractivity contribution in [1.29, 1.82) is 0 Å². The number of anilines is 2. The first-order valence-corrected chi connectivity index (χ1v) is 15.5. The van der Waals surface area contributed by atoms with Crippen LogP contribution in [-0.4, -0.2) is 61.3 Å². The summed E-state index contributed by atoms with van der Waals surface area (Å²) in [6, 6.07) is 20.0. The molecule has 232 valence electrons. The largest absolute Gasteiger partial charge is 0.484 e. The number of methoxy groups -OCH3 is 1. The predicted molar refractivity (Wildman–Crippen MR) is 168 cm³/mol. The van der Waals surface area contributed by atoms with Gasteiger partial charge in [-0.05, 0) is 48.6 Å². The van der Waals surface area contributed by atoms with Gasteiger partial charge in [-0.15, -0.1) is 0 Å². The molecule has 0 aromatic heterocycles. The van der Waals surface area contributed by atoms with Gasteiger partial charge in [-0.2, -0.15) is 0 Å². The third-order valence-corrected chi connectivity index (χ3v) is 8.75. The quantitative estimate of drug-likeness (QED) is 0.210. The van der Waals surface area contributed by atoms with E-state index in [0.29, 0.717) is 30.8 Å². The molecule has 0 saturated carbocycles. The Kier molecular flexibility index (Phi) is 10.1. The normalized spacial score (nSPS) is 18.4. The van der Waals surface area contributed by atoms with Gasteiger partial charge >= 0.3 is 0 Å². The van der Waals surface area contributed by atoms with Crippen molar-refractivity contribution in [2.75, 3.05) is 25.6 Å². The maximum Gasteiger partial charge on any atom is 0.258 e. The summed E-state index contributed by atoms with van der Waals surface area (Å²) in [5.74, 6) is -1.02. The van der Waals surface area contributed by atoms with Gasteiger partial charge in [-0.1, -0.05) is 68.1 Å². The van der Waals surface area contributed by atoms with Gasteiger partial charge in [0.25, 0.3) is 11.8 Å². The Bertz CT molecular complexity index is 1490. The molecule has 0 spiro atoms. The van der Waals surface area contributed by atoms with E-state index in [1.54, 1.807) is 36.0 Å². The fourth-order valence-corrected chi connectivity index (χ4v) is 6.52. The summed E-state index contributed by atoms with van der Waals surface area (Å²) < 4.78 is 17.1. The van der Waals surface area contributed by atoms with E-state index in [4.69, 9.17) is 19.9 Å². The summed E-state index contributed by atoms with van der Waals surface area (Å²) >= 11 is 1.66. The smallest absolute Gasteiger partial charge is 0.258 e. The second-order valence-electron chi connectivity index (χ2n) is 11.2. The minimum atomic E-state index is -1.10. The predicted octanol–water partition coefficient (Wildman–Crippen LogP) is 4.62. The van der Waals surface area contributed by atoms with Gasteiger partial charge < -0.3 is 35.5 Å². The molecule has 2 aliphatic rings. The highest BCUT2D eigenvalue weighted by molar-refractivity contribution is 7.99. The number of primary amides is 1. The number of rotatable bonds is 12. The molecule has 0 radical (unpaired) electrons. The lowest BCUT2D eigenvalue weighted by atomic mass is 9.96. The number of nitrogens with one attached hydrogen (secondary N) is 2. The maximum atomic E-state index is 14.4. The van der Waals surface area contributed by atoms with Crippen LogP contribution in [0.25, 0.3) is 0 Å². The molecule has 1 saturated heterocycles. The Morgan fingerprint density at radius 2 is 1.77 bits per heavy atom. The van der Waals surface area contributed by atoms with Crippen molar-refractivity contribution in [2.45, 2.75) is 60.9 Å². The Labute approximate surface area is 261 Å². The highest BCUT2D eigenvalue weighted by Crippen LogP contribution is 2.45. The van der Waals surface area contributed by atoms with Gasteiger partial charge in [0.15, 0.2) is 12.9 Å². The highest BCUT2D eigenvalue weighted by atomic mass is 32.2. The summed E-state index contributed by atoms with van der Waals surface area (Å²) in [7, 11) is 1.49. The second-order valence-corrected chi connectivity index (χ2v) is 12.3. The monoisotopic (exact) mass is 618 g/mol. The fraction of sp³-hybridized carbons (Fsp3) is 0.364. The van der Waals surface area contributed by atoms with Gasteiger partial charge in [0.2, 0.25) is 5.91 Å². The molecule has 44 heavy (non-hydrogen) atoms. The topological polar surface area (TPSA) is 132 Å². The first kappa shape index (κ1) is 31.4. The molecule has 1 fully saturated rings. The number of benzene rings is 3. The molecule has 2 aliphatic heterocycles.